The van der Waals surface area contributed by atoms with Crippen LogP contribution in [0.1, 0.15) is 32.6 Å². The molecule has 0 aromatic carbocycles. The summed E-state index contributed by atoms with van der Waals surface area (Å²) in [6, 6.07) is 0. The summed E-state index contributed by atoms with van der Waals surface area (Å²) < 4.78 is 19.0. The lowest BCUT2D eigenvalue weighted by atomic mass is 9.95. The standard InChI is InChI=1S/C10H17FO3S/c1-3-15-10(11,8(12)14-2)9(13)6-4-5-7-9/h13H,3-7H2,1-2H3. The zero-order valence-electron chi connectivity index (χ0n) is 9.09. The summed E-state index contributed by atoms with van der Waals surface area (Å²) in [5.41, 5.74) is -1.55. The zero-order chi connectivity index (χ0) is 11.5. The first kappa shape index (κ1) is 12.8. The van der Waals surface area contributed by atoms with Crippen LogP contribution in [0.2, 0.25) is 0 Å². The molecule has 0 saturated heterocycles. The molecule has 1 saturated carbocycles. The lowest BCUT2D eigenvalue weighted by Crippen LogP contribution is -2.53. The highest BCUT2D eigenvalue weighted by atomic mass is 32.2. The summed E-state index contributed by atoms with van der Waals surface area (Å²) in [6.07, 6.45) is 2.16. The number of thioether (sulfide) groups is 1. The van der Waals surface area contributed by atoms with Crippen LogP contribution in [0.25, 0.3) is 0 Å². The second-order valence-corrected chi connectivity index (χ2v) is 5.19. The minimum absolute atomic E-state index is 0.325. The first-order valence-electron chi connectivity index (χ1n) is 5.14. The zero-order valence-corrected chi connectivity index (χ0v) is 9.90. The van der Waals surface area contributed by atoms with Gasteiger partial charge < -0.3 is 9.84 Å². The number of ether oxygens (including phenoxy) is 1. The average Bonchev–Trinajstić information content (AvgIpc) is 2.65. The van der Waals surface area contributed by atoms with Crippen LogP contribution in [-0.2, 0) is 9.53 Å². The largest absolute Gasteiger partial charge is 0.466 e. The van der Waals surface area contributed by atoms with Crippen molar-refractivity contribution in [3.63, 3.8) is 0 Å². The van der Waals surface area contributed by atoms with Crippen molar-refractivity contribution in [1.29, 1.82) is 0 Å². The number of hydrogen-bond donors (Lipinski definition) is 1. The predicted octanol–water partition coefficient (Wildman–Crippen LogP) is 1.88. The van der Waals surface area contributed by atoms with Crippen LogP contribution in [0.4, 0.5) is 4.39 Å². The number of alkyl halides is 1. The van der Waals surface area contributed by atoms with Gasteiger partial charge in [-0.2, -0.15) is 0 Å². The Morgan fingerprint density at radius 3 is 2.53 bits per heavy atom. The highest BCUT2D eigenvalue weighted by Gasteiger charge is 2.59. The molecule has 1 fully saturated rings. The van der Waals surface area contributed by atoms with Gasteiger partial charge in [-0.25, -0.2) is 9.18 Å². The Balaban J connectivity index is 2.93. The predicted molar refractivity (Wildman–Crippen MR) is 57.4 cm³/mol. The van der Waals surface area contributed by atoms with Crippen LogP contribution >= 0.6 is 11.8 Å². The molecule has 0 aliphatic heterocycles. The van der Waals surface area contributed by atoms with Crippen molar-refractivity contribution in [2.75, 3.05) is 12.9 Å². The number of esters is 1. The third-order valence-electron chi connectivity index (χ3n) is 2.82. The molecule has 0 radical (unpaired) electrons. The first-order valence-corrected chi connectivity index (χ1v) is 6.12. The van der Waals surface area contributed by atoms with E-state index >= 15 is 0 Å². The molecule has 0 aromatic rings. The molecular formula is C10H17FO3S. The Kier molecular flexibility index (Phi) is 4.00. The summed E-state index contributed by atoms with van der Waals surface area (Å²) in [6.45, 7) is 1.75. The van der Waals surface area contributed by atoms with Crippen LogP contribution in [0, 0.1) is 0 Å². The van der Waals surface area contributed by atoms with Crippen molar-refractivity contribution in [3.8, 4) is 0 Å². The smallest absolute Gasteiger partial charge is 0.357 e. The van der Waals surface area contributed by atoms with Crippen LogP contribution in [0.15, 0.2) is 0 Å². The number of methoxy groups -OCH3 is 1. The Morgan fingerprint density at radius 1 is 1.60 bits per heavy atom. The third kappa shape index (κ3) is 2.13. The van der Waals surface area contributed by atoms with Gasteiger partial charge in [0.1, 0.15) is 5.60 Å². The van der Waals surface area contributed by atoms with E-state index in [1.807, 2.05) is 0 Å². The highest BCUT2D eigenvalue weighted by molar-refractivity contribution is 8.01. The maximum atomic E-state index is 14.5. The molecule has 1 unspecified atom stereocenters. The molecule has 0 bridgehead atoms. The van der Waals surface area contributed by atoms with E-state index in [9.17, 15) is 14.3 Å². The number of hydrogen-bond acceptors (Lipinski definition) is 4. The Labute approximate surface area is 93.4 Å². The van der Waals surface area contributed by atoms with Crippen molar-refractivity contribution < 1.29 is 19.0 Å². The van der Waals surface area contributed by atoms with Gasteiger partial charge in [-0.1, -0.05) is 19.8 Å². The third-order valence-corrected chi connectivity index (χ3v) is 4.05. The van der Waals surface area contributed by atoms with Gasteiger partial charge in [0.25, 0.3) is 5.00 Å². The Bertz CT molecular complexity index is 241. The van der Waals surface area contributed by atoms with Gasteiger partial charge in [-0.05, 0) is 18.6 Å². The number of carbonyl (C=O) groups is 1. The monoisotopic (exact) mass is 236 g/mol. The minimum Gasteiger partial charge on any atom is -0.466 e. The normalized spacial score (nSPS) is 23.5. The average molecular weight is 236 g/mol. The molecule has 0 amide bonds. The van der Waals surface area contributed by atoms with E-state index in [0.717, 1.165) is 31.7 Å². The Morgan fingerprint density at radius 2 is 2.13 bits per heavy atom. The second-order valence-electron chi connectivity index (χ2n) is 3.76. The molecule has 1 N–H and O–H groups in total. The van der Waals surface area contributed by atoms with Gasteiger partial charge >= 0.3 is 5.97 Å². The van der Waals surface area contributed by atoms with E-state index in [4.69, 9.17) is 0 Å². The molecule has 0 spiro atoms. The van der Waals surface area contributed by atoms with E-state index in [0.29, 0.717) is 18.6 Å². The quantitative estimate of drug-likeness (QED) is 0.757. The van der Waals surface area contributed by atoms with Crippen molar-refractivity contribution >= 4 is 17.7 Å². The van der Waals surface area contributed by atoms with Crippen LogP contribution < -0.4 is 0 Å². The topological polar surface area (TPSA) is 46.5 Å². The molecular weight excluding hydrogens is 219 g/mol. The highest BCUT2D eigenvalue weighted by Crippen LogP contribution is 2.47. The summed E-state index contributed by atoms with van der Waals surface area (Å²) in [4.78, 5) is 11.4. The second kappa shape index (κ2) is 4.70. The van der Waals surface area contributed by atoms with Gasteiger partial charge in [-0.15, -0.1) is 11.8 Å². The van der Waals surface area contributed by atoms with E-state index < -0.39 is 16.6 Å². The number of aliphatic hydroxyl groups is 1. The molecule has 0 heterocycles. The van der Waals surface area contributed by atoms with Gasteiger partial charge in [-0.3, -0.25) is 0 Å². The molecule has 1 aliphatic carbocycles. The van der Waals surface area contributed by atoms with Gasteiger partial charge in [0, 0.05) is 0 Å². The fourth-order valence-electron chi connectivity index (χ4n) is 1.99. The summed E-state index contributed by atoms with van der Waals surface area (Å²) >= 11 is 0.816. The van der Waals surface area contributed by atoms with Crippen LogP contribution in [0.3, 0.4) is 0 Å². The molecule has 1 aliphatic rings. The number of rotatable bonds is 4. The molecule has 3 nitrogen and oxygen atoms in total. The fourth-order valence-corrected chi connectivity index (χ4v) is 3.07. The summed E-state index contributed by atoms with van der Waals surface area (Å²) in [7, 11) is 1.14. The molecule has 88 valence electrons. The summed E-state index contributed by atoms with van der Waals surface area (Å²) in [5, 5.41) is 7.83. The van der Waals surface area contributed by atoms with Gasteiger partial charge in [0.05, 0.1) is 7.11 Å². The maximum Gasteiger partial charge on any atom is 0.357 e. The van der Waals surface area contributed by atoms with E-state index in [-0.39, 0.29) is 0 Å². The van der Waals surface area contributed by atoms with Gasteiger partial charge in [0.15, 0.2) is 0 Å². The van der Waals surface area contributed by atoms with Crippen LogP contribution in [-0.4, -0.2) is 34.5 Å². The van der Waals surface area contributed by atoms with E-state index in [1.54, 1.807) is 6.92 Å². The first-order chi connectivity index (χ1) is 7.00. The van der Waals surface area contributed by atoms with Crippen molar-refractivity contribution in [2.45, 2.75) is 43.2 Å². The van der Waals surface area contributed by atoms with Crippen molar-refractivity contribution in [1.82, 2.24) is 0 Å². The lowest BCUT2D eigenvalue weighted by molar-refractivity contribution is -0.162. The fraction of sp³-hybridized carbons (Fsp3) is 0.900. The number of halogens is 1. The van der Waals surface area contributed by atoms with Gasteiger partial charge in [0.2, 0.25) is 0 Å². The Hall–Kier alpha value is -0.290. The van der Waals surface area contributed by atoms with E-state index in [2.05, 4.69) is 4.74 Å². The maximum absolute atomic E-state index is 14.5. The number of carbonyl (C=O) groups excluding carboxylic acids is 1. The molecule has 1 atom stereocenters. The van der Waals surface area contributed by atoms with Crippen LogP contribution in [0.5, 0.6) is 0 Å². The molecule has 15 heavy (non-hydrogen) atoms. The molecule has 1 rings (SSSR count). The van der Waals surface area contributed by atoms with Crippen molar-refractivity contribution in [3.05, 3.63) is 0 Å². The summed E-state index contributed by atoms with van der Waals surface area (Å²) in [5.74, 6) is -0.549. The van der Waals surface area contributed by atoms with Crippen molar-refractivity contribution in [2.24, 2.45) is 0 Å². The SMILES string of the molecule is CCSC(F)(C(=O)OC)C1(O)CCCC1. The lowest BCUT2D eigenvalue weighted by Gasteiger charge is -2.35. The van der Waals surface area contributed by atoms with E-state index in [1.165, 1.54) is 0 Å². The molecule has 5 heteroatoms. The molecule has 0 aromatic heterocycles. The minimum atomic E-state index is -2.31.